The van der Waals surface area contributed by atoms with Crippen molar-refractivity contribution in [2.75, 3.05) is 26.8 Å². The van der Waals surface area contributed by atoms with Crippen LogP contribution in [0.5, 0.6) is 0 Å². The Labute approximate surface area is 150 Å². The Morgan fingerprint density at radius 1 is 1.31 bits per heavy atom. The van der Waals surface area contributed by atoms with Crippen LogP contribution in [0.2, 0.25) is 0 Å². The fourth-order valence-electron chi connectivity index (χ4n) is 2.67. The highest BCUT2D eigenvalue weighted by atomic mass is 32.2. The van der Waals surface area contributed by atoms with Crippen LogP contribution in [0.1, 0.15) is 16.2 Å². The maximum atomic E-state index is 13.0. The molecule has 1 aliphatic heterocycles. The van der Waals surface area contributed by atoms with Crippen LogP contribution in [0.25, 0.3) is 0 Å². The minimum Gasteiger partial charge on any atom is -0.383 e. The zero-order chi connectivity index (χ0) is 18.7. The molecule has 0 radical (unpaired) electrons. The number of rotatable bonds is 6. The molecule has 0 fully saturated rings. The van der Waals surface area contributed by atoms with E-state index in [4.69, 9.17) is 4.74 Å². The number of amides is 1. The minimum absolute atomic E-state index is 0.0318. The summed E-state index contributed by atoms with van der Waals surface area (Å²) in [4.78, 5) is 12.1. The Morgan fingerprint density at radius 3 is 2.73 bits per heavy atom. The van der Waals surface area contributed by atoms with Crippen LogP contribution in [-0.4, -0.2) is 55.2 Å². The number of benzene rings is 1. The number of carbonyl (C=O) groups excluding carboxylic acids is 1. The van der Waals surface area contributed by atoms with Gasteiger partial charge < -0.3 is 10.1 Å². The molecule has 0 aliphatic carbocycles. The molecule has 0 saturated carbocycles. The van der Waals surface area contributed by atoms with Gasteiger partial charge in [0.1, 0.15) is 11.5 Å². The van der Waals surface area contributed by atoms with E-state index in [2.05, 4.69) is 10.4 Å². The molecular formula is C16H19FN4O4S. The summed E-state index contributed by atoms with van der Waals surface area (Å²) in [5.41, 5.74) is 0.857. The van der Waals surface area contributed by atoms with Crippen molar-refractivity contribution in [3.8, 4) is 0 Å². The second-order valence-electron chi connectivity index (χ2n) is 5.79. The van der Waals surface area contributed by atoms with Gasteiger partial charge in [-0.05, 0) is 30.3 Å². The quantitative estimate of drug-likeness (QED) is 0.739. The van der Waals surface area contributed by atoms with Gasteiger partial charge in [-0.25, -0.2) is 12.8 Å². The van der Waals surface area contributed by atoms with Gasteiger partial charge in [-0.2, -0.15) is 9.40 Å². The predicted octanol–water partition coefficient (Wildman–Crippen LogP) is 0.603. The molecule has 2 aromatic rings. The maximum absolute atomic E-state index is 13.0. The van der Waals surface area contributed by atoms with E-state index >= 15 is 0 Å². The molecule has 26 heavy (non-hydrogen) atoms. The molecule has 0 spiro atoms. The first-order valence-corrected chi connectivity index (χ1v) is 9.45. The number of nitrogens with zero attached hydrogens (tertiary/aromatic N) is 3. The number of methoxy groups -OCH3 is 1. The van der Waals surface area contributed by atoms with Crippen molar-refractivity contribution < 1.29 is 22.3 Å². The molecule has 0 bridgehead atoms. The maximum Gasteiger partial charge on any atom is 0.271 e. The van der Waals surface area contributed by atoms with Gasteiger partial charge in [0.15, 0.2) is 0 Å². The molecule has 1 amide bonds. The van der Waals surface area contributed by atoms with Crippen molar-refractivity contribution in [3.05, 3.63) is 47.5 Å². The number of fused-ring (bicyclic) bond motifs is 1. The Kier molecular flexibility index (Phi) is 5.35. The number of carbonyl (C=O) groups is 1. The van der Waals surface area contributed by atoms with Crippen molar-refractivity contribution in [3.63, 3.8) is 0 Å². The number of halogens is 1. The van der Waals surface area contributed by atoms with E-state index in [0.717, 1.165) is 12.1 Å². The molecule has 1 aromatic heterocycles. The summed E-state index contributed by atoms with van der Waals surface area (Å²) in [6.45, 7) is 1.41. The summed E-state index contributed by atoms with van der Waals surface area (Å²) in [5.74, 6) is -0.832. The van der Waals surface area contributed by atoms with Gasteiger partial charge in [0.05, 0.1) is 30.3 Å². The third kappa shape index (κ3) is 3.76. The zero-order valence-corrected chi connectivity index (χ0v) is 15.0. The van der Waals surface area contributed by atoms with Gasteiger partial charge >= 0.3 is 0 Å². The second-order valence-corrected chi connectivity index (χ2v) is 7.72. The largest absolute Gasteiger partial charge is 0.383 e. The average Bonchev–Trinajstić information content (AvgIpc) is 3.05. The highest BCUT2D eigenvalue weighted by molar-refractivity contribution is 7.89. The Bertz CT molecular complexity index is 895. The molecule has 0 unspecified atom stereocenters. The molecule has 1 aromatic carbocycles. The third-order valence-corrected chi connectivity index (χ3v) is 5.90. The Morgan fingerprint density at radius 2 is 2.04 bits per heavy atom. The van der Waals surface area contributed by atoms with Gasteiger partial charge in [-0.1, -0.05) is 0 Å². The molecule has 2 heterocycles. The first kappa shape index (κ1) is 18.5. The minimum atomic E-state index is -3.74. The predicted molar refractivity (Wildman–Crippen MR) is 90.4 cm³/mol. The van der Waals surface area contributed by atoms with Crippen molar-refractivity contribution in [1.82, 2.24) is 19.4 Å². The molecule has 3 rings (SSSR count). The van der Waals surface area contributed by atoms with Gasteiger partial charge in [0.2, 0.25) is 10.0 Å². The lowest BCUT2D eigenvalue weighted by Crippen LogP contribution is -2.38. The van der Waals surface area contributed by atoms with Crippen molar-refractivity contribution in [2.24, 2.45) is 0 Å². The monoisotopic (exact) mass is 382 g/mol. The first-order valence-electron chi connectivity index (χ1n) is 8.01. The molecular weight excluding hydrogens is 363 g/mol. The smallest absolute Gasteiger partial charge is 0.271 e. The summed E-state index contributed by atoms with van der Waals surface area (Å²) in [6.07, 6.45) is 0. The van der Waals surface area contributed by atoms with Gasteiger partial charge in [0.25, 0.3) is 5.91 Å². The number of ether oxygens (including phenoxy) is 1. The van der Waals surface area contributed by atoms with Crippen LogP contribution in [0.4, 0.5) is 4.39 Å². The molecule has 8 nitrogen and oxygen atoms in total. The van der Waals surface area contributed by atoms with E-state index in [0.29, 0.717) is 25.4 Å². The normalized spacial score (nSPS) is 14.8. The summed E-state index contributed by atoms with van der Waals surface area (Å²) < 4.78 is 46.2. The van der Waals surface area contributed by atoms with E-state index in [1.165, 1.54) is 23.5 Å². The summed E-state index contributed by atoms with van der Waals surface area (Å²) >= 11 is 0. The SMILES string of the molecule is COCCNC(=O)c1cc2n(n1)CCN(S(=O)(=O)c1ccc(F)cc1)C2. The van der Waals surface area contributed by atoms with Crippen LogP contribution in [0, 0.1) is 5.82 Å². The highest BCUT2D eigenvalue weighted by Gasteiger charge is 2.30. The van der Waals surface area contributed by atoms with E-state index in [9.17, 15) is 17.6 Å². The van der Waals surface area contributed by atoms with Crippen LogP contribution in [0.3, 0.4) is 0 Å². The number of nitrogens with one attached hydrogen (secondary N) is 1. The number of hydrogen-bond donors (Lipinski definition) is 1. The third-order valence-electron chi connectivity index (χ3n) is 4.04. The molecule has 0 atom stereocenters. The first-order chi connectivity index (χ1) is 12.4. The fourth-order valence-corrected chi connectivity index (χ4v) is 4.07. The number of sulfonamides is 1. The highest BCUT2D eigenvalue weighted by Crippen LogP contribution is 2.22. The lowest BCUT2D eigenvalue weighted by atomic mass is 10.3. The van der Waals surface area contributed by atoms with Crippen LogP contribution < -0.4 is 5.32 Å². The van der Waals surface area contributed by atoms with Gasteiger partial charge in [-0.15, -0.1) is 0 Å². The zero-order valence-electron chi connectivity index (χ0n) is 14.2. The topological polar surface area (TPSA) is 93.5 Å². The Balaban J connectivity index is 1.75. The van der Waals surface area contributed by atoms with Crippen molar-refractivity contribution in [1.29, 1.82) is 0 Å². The standard InChI is InChI=1S/C16H19FN4O4S/c1-25-9-6-18-16(22)15-10-13-11-20(7-8-21(13)19-15)26(23,24)14-4-2-12(17)3-5-14/h2-5,10H,6-9,11H2,1H3,(H,18,22). The van der Waals surface area contributed by atoms with E-state index < -0.39 is 15.8 Å². The van der Waals surface area contributed by atoms with E-state index in [-0.39, 0.29) is 29.6 Å². The van der Waals surface area contributed by atoms with Crippen LogP contribution in [0.15, 0.2) is 35.2 Å². The lowest BCUT2D eigenvalue weighted by molar-refractivity contribution is 0.0931. The average molecular weight is 382 g/mol. The molecule has 10 heteroatoms. The van der Waals surface area contributed by atoms with E-state index in [1.807, 2.05) is 0 Å². The fraction of sp³-hybridized carbons (Fsp3) is 0.375. The second kappa shape index (κ2) is 7.52. The van der Waals surface area contributed by atoms with Crippen molar-refractivity contribution in [2.45, 2.75) is 18.0 Å². The number of aromatic nitrogens is 2. The summed E-state index contributed by atoms with van der Waals surface area (Å²) in [6, 6.07) is 6.29. The molecule has 1 aliphatic rings. The molecule has 1 N–H and O–H groups in total. The summed E-state index contributed by atoms with van der Waals surface area (Å²) in [5, 5.41) is 6.90. The molecule has 140 valence electrons. The summed E-state index contributed by atoms with van der Waals surface area (Å²) in [7, 11) is -2.20. The number of hydrogen-bond acceptors (Lipinski definition) is 5. The molecule has 0 saturated heterocycles. The lowest BCUT2D eigenvalue weighted by Gasteiger charge is -2.26. The van der Waals surface area contributed by atoms with Crippen molar-refractivity contribution >= 4 is 15.9 Å². The van der Waals surface area contributed by atoms with E-state index in [1.54, 1.807) is 10.7 Å². The van der Waals surface area contributed by atoms with Crippen LogP contribution in [-0.2, 0) is 27.8 Å². The Hall–Kier alpha value is -2.30. The van der Waals surface area contributed by atoms with Gasteiger partial charge in [0, 0.05) is 20.2 Å². The van der Waals surface area contributed by atoms with Gasteiger partial charge in [-0.3, -0.25) is 9.48 Å². The van der Waals surface area contributed by atoms with Crippen LogP contribution >= 0.6 is 0 Å².